The summed E-state index contributed by atoms with van der Waals surface area (Å²) in [5.41, 5.74) is 0. The molecule has 1 N–H and O–H groups in total. The summed E-state index contributed by atoms with van der Waals surface area (Å²) in [4.78, 5) is -0.510. The summed E-state index contributed by atoms with van der Waals surface area (Å²) in [5, 5.41) is 0. The minimum Gasteiger partial charge on any atom is -0.360 e. The summed E-state index contributed by atoms with van der Waals surface area (Å²) >= 11 is 0. The summed E-state index contributed by atoms with van der Waals surface area (Å²) in [5.74, 6) is -0.552. The molecule has 1 aromatic rings. The topological polar surface area (TPSA) is 107 Å². The largest absolute Gasteiger partial charge is 0.446 e. The number of benzene rings is 1. The van der Waals surface area contributed by atoms with Crippen LogP contribution in [0.1, 0.15) is 0 Å². The molecule has 9 heteroatoms. The number of para-hydroxylation sites is 1. The van der Waals surface area contributed by atoms with Gasteiger partial charge in [0.15, 0.2) is 5.75 Å². The zero-order valence-electron chi connectivity index (χ0n) is 9.01. The van der Waals surface area contributed by atoms with Crippen LogP contribution in [0, 0.1) is 0 Å². The van der Waals surface area contributed by atoms with Crippen LogP contribution in [0.25, 0.3) is 0 Å². The van der Waals surface area contributed by atoms with Crippen molar-refractivity contribution in [1.29, 1.82) is 0 Å². The van der Waals surface area contributed by atoms with E-state index in [1.54, 1.807) is 0 Å². The molecule has 0 saturated heterocycles. The van der Waals surface area contributed by atoms with Crippen LogP contribution in [-0.2, 0) is 24.7 Å². The van der Waals surface area contributed by atoms with E-state index >= 15 is 0 Å². The Morgan fingerprint density at radius 1 is 1.22 bits per heavy atom. The predicted molar refractivity (Wildman–Crippen MR) is 62.0 cm³/mol. The van der Waals surface area contributed by atoms with Crippen molar-refractivity contribution in [3.8, 4) is 5.75 Å². The fourth-order valence-electron chi connectivity index (χ4n) is 1.04. The Balaban J connectivity index is 3.21. The fourth-order valence-corrected chi connectivity index (χ4v) is 2.47. The van der Waals surface area contributed by atoms with Crippen molar-refractivity contribution in [2.45, 2.75) is 4.90 Å². The Hall–Kier alpha value is -1.42. The molecule has 0 aliphatic rings. The van der Waals surface area contributed by atoms with Crippen molar-refractivity contribution in [3.05, 3.63) is 36.9 Å². The normalized spacial score (nSPS) is 12.1. The van der Waals surface area contributed by atoms with Gasteiger partial charge in [0.2, 0.25) is 0 Å². The first-order chi connectivity index (χ1) is 8.26. The average molecular weight is 294 g/mol. The third-order valence-corrected chi connectivity index (χ3v) is 3.37. The third kappa shape index (κ3) is 4.11. The lowest BCUT2D eigenvalue weighted by atomic mass is 10.3. The maximum atomic E-state index is 11.7. The van der Waals surface area contributed by atoms with Crippen LogP contribution in [0.4, 0.5) is 0 Å². The lowest BCUT2D eigenvalue weighted by Gasteiger charge is -2.08. The second-order valence-electron chi connectivity index (χ2n) is 2.99. The lowest BCUT2D eigenvalue weighted by molar-refractivity contribution is 0.352. The van der Waals surface area contributed by atoms with Gasteiger partial charge in [-0.1, -0.05) is 18.2 Å². The van der Waals surface area contributed by atoms with Crippen LogP contribution in [-0.4, -0.2) is 28.0 Å². The second kappa shape index (κ2) is 5.48. The molecule has 100 valence electrons. The van der Waals surface area contributed by atoms with Gasteiger partial charge in [-0.15, -0.1) is 6.58 Å². The van der Waals surface area contributed by atoms with E-state index in [0.29, 0.717) is 0 Å². The third-order valence-electron chi connectivity index (χ3n) is 1.65. The Labute approximate surface area is 105 Å². The first kappa shape index (κ1) is 14.6. The van der Waals surface area contributed by atoms with E-state index in [1.807, 2.05) is 0 Å². The minimum absolute atomic E-state index is 0.275. The summed E-state index contributed by atoms with van der Waals surface area (Å²) < 4.78 is 61.7. The number of hydrogen-bond acceptors (Lipinski definition) is 6. The summed E-state index contributed by atoms with van der Waals surface area (Å²) in [6, 6.07) is 4.84. The summed E-state index contributed by atoms with van der Waals surface area (Å²) in [6.07, 6.45) is 1.21. The molecule has 0 spiro atoms. The second-order valence-corrected chi connectivity index (χ2v) is 5.59. The Morgan fingerprint density at radius 2 is 1.83 bits per heavy atom. The van der Waals surface area contributed by atoms with E-state index < -0.39 is 31.2 Å². The SMILES string of the molecule is C=CCOS(=O)(=O)c1ccccc1OS(=O)(=O)O. The first-order valence-corrected chi connectivity index (χ1v) is 7.30. The number of hydrogen-bond donors (Lipinski definition) is 1. The van der Waals surface area contributed by atoms with Gasteiger partial charge >= 0.3 is 20.5 Å². The van der Waals surface area contributed by atoms with Crippen molar-refractivity contribution in [2.24, 2.45) is 0 Å². The molecule has 18 heavy (non-hydrogen) atoms. The Bertz CT molecular complexity index is 631. The van der Waals surface area contributed by atoms with E-state index in [9.17, 15) is 16.8 Å². The van der Waals surface area contributed by atoms with Gasteiger partial charge in [0, 0.05) is 0 Å². The van der Waals surface area contributed by atoms with Crippen molar-refractivity contribution in [2.75, 3.05) is 6.61 Å². The smallest absolute Gasteiger partial charge is 0.360 e. The summed E-state index contributed by atoms with van der Waals surface area (Å²) in [7, 11) is -9.02. The number of rotatable bonds is 6. The predicted octanol–water partition coefficient (Wildman–Crippen LogP) is 0.760. The molecule has 0 amide bonds. The van der Waals surface area contributed by atoms with Crippen molar-refractivity contribution in [1.82, 2.24) is 0 Å². The standard InChI is InChI=1S/C9H10O7S2/c1-2-7-15-17(10,11)9-6-4-3-5-8(9)16-18(12,13)14/h2-6H,1,7H2,(H,12,13,14). The van der Waals surface area contributed by atoms with Crippen LogP contribution >= 0.6 is 0 Å². The quantitative estimate of drug-likeness (QED) is 0.469. The zero-order valence-corrected chi connectivity index (χ0v) is 10.6. The van der Waals surface area contributed by atoms with Gasteiger partial charge in [-0.3, -0.25) is 8.74 Å². The monoisotopic (exact) mass is 294 g/mol. The van der Waals surface area contributed by atoms with E-state index in [1.165, 1.54) is 18.2 Å². The highest BCUT2D eigenvalue weighted by molar-refractivity contribution is 7.87. The molecule has 0 aliphatic heterocycles. The molecule has 7 nitrogen and oxygen atoms in total. The van der Waals surface area contributed by atoms with Crippen molar-refractivity contribution >= 4 is 20.5 Å². The van der Waals surface area contributed by atoms with Crippen LogP contribution < -0.4 is 4.18 Å². The molecule has 0 unspecified atom stereocenters. The minimum atomic E-state index is -4.82. The van der Waals surface area contributed by atoms with Gasteiger partial charge in [-0.25, -0.2) is 0 Å². The van der Waals surface area contributed by atoms with Crippen LogP contribution in [0.2, 0.25) is 0 Å². The van der Waals surface area contributed by atoms with Crippen LogP contribution in [0.5, 0.6) is 5.75 Å². The molecule has 0 radical (unpaired) electrons. The zero-order chi connectivity index (χ0) is 13.8. The van der Waals surface area contributed by atoms with Gasteiger partial charge in [-0.2, -0.15) is 16.8 Å². The fraction of sp³-hybridized carbons (Fsp3) is 0.111. The molecular formula is C9H10O7S2. The molecule has 0 saturated carbocycles. The van der Waals surface area contributed by atoms with Crippen LogP contribution in [0.3, 0.4) is 0 Å². The molecule has 0 heterocycles. The van der Waals surface area contributed by atoms with Crippen molar-refractivity contribution in [3.63, 3.8) is 0 Å². The molecule has 0 fully saturated rings. The maximum absolute atomic E-state index is 11.7. The molecule has 0 bridgehead atoms. The average Bonchev–Trinajstić information content (AvgIpc) is 2.25. The van der Waals surface area contributed by atoms with E-state index in [0.717, 1.165) is 12.1 Å². The van der Waals surface area contributed by atoms with Gasteiger partial charge in [0.05, 0.1) is 6.61 Å². The highest BCUT2D eigenvalue weighted by Crippen LogP contribution is 2.25. The first-order valence-electron chi connectivity index (χ1n) is 4.52. The van der Waals surface area contributed by atoms with Gasteiger partial charge in [-0.05, 0) is 12.1 Å². The maximum Gasteiger partial charge on any atom is 0.446 e. The van der Waals surface area contributed by atoms with Gasteiger partial charge < -0.3 is 4.18 Å². The van der Waals surface area contributed by atoms with Crippen LogP contribution in [0.15, 0.2) is 41.8 Å². The molecule has 0 aromatic heterocycles. The van der Waals surface area contributed by atoms with Gasteiger partial charge in [0.1, 0.15) is 4.90 Å². The van der Waals surface area contributed by atoms with E-state index in [2.05, 4.69) is 14.9 Å². The van der Waals surface area contributed by atoms with Crippen molar-refractivity contribution < 1.29 is 29.8 Å². The Kier molecular flexibility index (Phi) is 4.46. The Morgan fingerprint density at radius 3 is 2.39 bits per heavy atom. The van der Waals surface area contributed by atoms with Gasteiger partial charge in [0.25, 0.3) is 0 Å². The lowest BCUT2D eigenvalue weighted by Crippen LogP contribution is -2.12. The molecule has 0 atom stereocenters. The van der Waals surface area contributed by atoms with E-state index in [4.69, 9.17) is 4.55 Å². The molecule has 1 rings (SSSR count). The molecular weight excluding hydrogens is 284 g/mol. The summed E-state index contributed by atoms with van der Waals surface area (Å²) in [6.45, 7) is 3.01. The highest BCUT2D eigenvalue weighted by atomic mass is 32.3. The molecule has 1 aromatic carbocycles. The highest BCUT2D eigenvalue weighted by Gasteiger charge is 2.22. The van der Waals surface area contributed by atoms with E-state index in [-0.39, 0.29) is 6.61 Å². The molecule has 0 aliphatic carbocycles.